The van der Waals surface area contributed by atoms with Crippen molar-refractivity contribution in [3.8, 4) is 0 Å². The van der Waals surface area contributed by atoms with E-state index in [0.29, 0.717) is 31.9 Å². The average molecular weight is 362 g/mol. The van der Waals surface area contributed by atoms with Gasteiger partial charge in [-0.2, -0.15) is 0 Å². The summed E-state index contributed by atoms with van der Waals surface area (Å²) < 4.78 is 5.18. The minimum Gasteiger partial charge on any atom is -0.459 e. The molecule has 0 spiro atoms. The Hall–Kier alpha value is -2.35. The highest BCUT2D eigenvalue weighted by Crippen LogP contribution is 2.18. The second-order valence-corrected chi connectivity index (χ2v) is 7.00. The third-order valence-corrected chi connectivity index (χ3v) is 5.29. The van der Waals surface area contributed by atoms with E-state index in [0.717, 1.165) is 17.1 Å². The number of urea groups is 1. The van der Waals surface area contributed by atoms with E-state index < -0.39 is 0 Å². The maximum atomic E-state index is 12.5. The molecule has 3 heterocycles. The summed E-state index contributed by atoms with van der Waals surface area (Å²) in [7, 11) is 0. The summed E-state index contributed by atoms with van der Waals surface area (Å²) in [5.41, 5.74) is 0.961. The SMILES string of the molecule is Cc1csc([C@@H](C)NC(=O)N2CCCN(C(=O)c3ccco3)CC2)n1. The molecule has 2 aromatic rings. The molecule has 0 aromatic carbocycles. The molecule has 3 rings (SSSR count). The number of rotatable bonds is 3. The summed E-state index contributed by atoms with van der Waals surface area (Å²) in [5, 5.41) is 5.86. The van der Waals surface area contributed by atoms with E-state index in [2.05, 4.69) is 10.3 Å². The smallest absolute Gasteiger partial charge is 0.318 e. The van der Waals surface area contributed by atoms with Crippen LogP contribution in [0.4, 0.5) is 4.79 Å². The van der Waals surface area contributed by atoms with Crippen LogP contribution in [0.25, 0.3) is 0 Å². The van der Waals surface area contributed by atoms with Crippen molar-refractivity contribution in [2.45, 2.75) is 26.3 Å². The number of aryl methyl sites for hydroxylation is 1. The fraction of sp³-hybridized carbons (Fsp3) is 0.471. The first-order valence-electron chi connectivity index (χ1n) is 8.35. The number of amides is 3. The Labute approximate surface area is 150 Å². The predicted octanol–water partition coefficient (Wildman–Crippen LogP) is 2.66. The first kappa shape index (κ1) is 17.5. The topological polar surface area (TPSA) is 78.7 Å². The number of thiazole rings is 1. The molecule has 1 aliphatic heterocycles. The van der Waals surface area contributed by atoms with Gasteiger partial charge in [0.15, 0.2) is 5.76 Å². The molecule has 2 aromatic heterocycles. The second-order valence-electron chi connectivity index (χ2n) is 6.11. The van der Waals surface area contributed by atoms with E-state index in [4.69, 9.17) is 4.42 Å². The maximum absolute atomic E-state index is 12.5. The number of hydrogen-bond donors (Lipinski definition) is 1. The number of nitrogens with zero attached hydrogens (tertiary/aromatic N) is 3. The van der Waals surface area contributed by atoms with Gasteiger partial charge >= 0.3 is 6.03 Å². The van der Waals surface area contributed by atoms with Gasteiger partial charge in [0.1, 0.15) is 5.01 Å². The van der Waals surface area contributed by atoms with Gasteiger partial charge in [0, 0.05) is 37.3 Å². The van der Waals surface area contributed by atoms with Crippen LogP contribution in [-0.2, 0) is 0 Å². The van der Waals surface area contributed by atoms with Gasteiger partial charge in [-0.05, 0) is 32.4 Å². The zero-order valence-electron chi connectivity index (χ0n) is 14.4. The van der Waals surface area contributed by atoms with E-state index in [-0.39, 0.29) is 18.0 Å². The molecule has 0 aliphatic carbocycles. The normalized spacial score (nSPS) is 16.4. The summed E-state index contributed by atoms with van der Waals surface area (Å²) in [6.45, 7) is 6.11. The van der Waals surface area contributed by atoms with Gasteiger partial charge in [-0.3, -0.25) is 4.79 Å². The summed E-state index contributed by atoms with van der Waals surface area (Å²) in [6, 6.07) is 3.12. The van der Waals surface area contributed by atoms with Crippen molar-refractivity contribution < 1.29 is 14.0 Å². The highest BCUT2D eigenvalue weighted by atomic mass is 32.1. The predicted molar refractivity (Wildman–Crippen MR) is 94.6 cm³/mol. The van der Waals surface area contributed by atoms with E-state index in [9.17, 15) is 9.59 Å². The largest absolute Gasteiger partial charge is 0.459 e. The molecule has 1 saturated heterocycles. The van der Waals surface area contributed by atoms with Crippen LogP contribution in [0, 0.1) is 6.92 Å². The Kier molecular flexibility index (Phi) is 5.37. The van der Waals surface area contributed by atoms with E-state index in [1.807, 2.05) is 19.2 Å². The second kappa shape index (κ2) is 7.69. The average Bonchev–Trinajstić information content (AvgIpc) is 3.21. The summed E-state index contributed by atoms with van der Waals surface area (Å²) in [4.78, 5) is 32.8. The van der Waals surface area contributed by atoms with Crippen LogP contribution in [0.15, 0.2) is 28.2 Å². The van der Waals surface area contributed by atoms with Crippen molar-refractivity contribution in [2.24, 2.45) is 0 Å². The van der Waals surface area contributed by atoms with Crippen molar-refractivity contribution in [1.29, 1.82) is 0 Å². The van der Waals surface area contributed by atoms with E-state index in [1.165, 1.54) is 6.26 Å². The van der Waals surface area contributed by atoms with Gasteiger partial charge in [0.25, 0.3) is 5.91 Å². The van der Waals surface area contributed by atoms with Crippen LogP contribution in [0.5, 0.6) is 0 Å². The first-order valence-corrected chi connectivity index (χ1v) is 9.23. The van der Waals surface area contributed by atoms with Crippen molar-refractivity contribution in [2.75, 3.05) is 26.2 Å². The third kappa shape index (κ3) is 4.19. The zero-order valence-corrected chi connectivity index (χ0v) is 15.2. The Balaban J connectivity index is 1.55. The lowest BCUT2D eigenvalue weighted by Crippen LogP contribution is -2.43. The molecular formula is C17H22N4O3S. The van der Waals surface area contributed by atoms with Gasteiger partial charge in [-0.15, -0.1) is 11.3 Å². The lowest BCUT2D eigenvalue weighted by atomic mass is 10.3. The number of carbonyl (C=O) groups excluding carboxylic acids is 2. The standard InChI is InChI=1S/C17H22N4O3S/c1-12-11-25-15(18-12)13(2)19-17(23)21-7-4-6-20(8-9-21)16(22)14-5-3-10-24-14/h3,5,10-11,13H,4,6-9H2,1-2H3,(H,19,23)/t13-/m1/s1. The fourth-order valence-corrected chi connectivity index (χ4v) is 3.59. The Morgan fingerprint density at radius 3 is 2.72 bits per heavy atom. The van der Waals surface area contributed by atoms with Crippen LogP contribution >= 0.6 is 11.3 Å². The fourth-order valence-electron chi connectivity index (χ4n) is 2.79. The van der Waals surface area contributed by atoms with Gasteiger partial charge in [0.05, 0.1) is 12.3 Å². The quantitative estimate of drug-likeness (QED) is 0.910. The van der Waals surface area contributed by atoms with Crippen molar-refractivity contribution in [3.63, 3.8) is 0 Å². The van der Waals surface area contributed by atoms with Crippen molar-refractivity contribution in [3.05, 3.63) is 40.2 Å². The Bertz CT molecular complexity index is 728. The summed E-state index contributed by atoms with van der Waals surface area (Å²) in [6.07, 6.45) is 2.23. The number of hydrogen-bond acceptors (Lipinski definition) is 5. The van der Waals surface area contributed by atoms with Crippen LogP contribution in [0.2, 0.25) is 0 Å². The number of carbonyl (C=O) groups is 2. The molecule has 25 heavy (non-hydrogen) atoms. The van der Waals surface area contributed by atoms with Gasteiger partial charge < -0.3 is 19.5 Å². The molecule has 0 unspecified atom stereocenters. The molecule has 1 fully saturated rings. The Morgan fingerprint density at radius 2 is 2.04 bits per heavy atom. The summed E-state index contributed by atoms with van der Waals surface area (Å²) >= 11 is 1.55. The summed E-state index contributed by atoms with van der Waals surface area (Å²) in [5.74, 6) is 0.213. The van der Waals surface area contributed by atoms with Crippen LogP contribution in [0.3, 0.4) is 0 Å². The molecule has 134 valence electrons. The molecule has 0 radical (unpaired) electrons. The highest BCUT2D eigenvalue weighted by molar-refractivity contribution is 7.09. The lowest BCUT2D eigenvalue weighted by Gasteiger charge is -2.23. The highest BCUT2D eigenvalue weighted by Gasteiger charge is 2.25. The number of furan rings is 1. The van der Waals surface area contributed by atoms with E-state index >= 15 is 0 Å². The van der Waals surface area contributed by atoms with Crippen LogP contribution in [-0.4, -0.2) is 52.9 Å². The van der Waals surface area contributed by atoms with Gasteiger partial charge in [-0.25, -0.2) is 9.78 Å². The molecule has 1 atom stereocenters. The molecule has 7 nitrogen and oxygen atoms in total. The van der Waals surface area contributed by atoms with Crippen LogP contribution < -0.4 is 5.32 Å². The number of nitrogens with one attached hydrogen (secondary N) is 1. The first-order chi connectivity index (χ1) is 12.0. The van der Waals surface area contributed by atoms with Crippen molar-refractivity contribution >= 4 is 23.3 Å². The lowest BCUT2D eigenvalue weighted by molar-refractivity contribution is 0.0730. The molecule has 1 aliphatic rings. The molecule has 8 heteroatoms. The van der Waals surface area contributed by atoms with Crippen molar-refractivity contribution in [1.82, 2.24) is 20.1 Å². The zero-order chi connectivity index (χ0) is 17.8. The molecule has 3 amide bonds. The van der Waals surface area contributed by atoms with Crippen LogP contribution in [0.1, 0.15) is 40.6 Å². The van der Waals surface area contributed by atoms with Gasteiger partial charge in [-0.1, -0.05) is 0 Å². The van der Waals surface area contributed by atoms with E-state index in [1.54, 1.807) is 33.3 Å². The Morgan fingerprint density at radius 1 is 1.28 bits per heavy atom. The third-order valence-electron chi connectivity index (χ3n) is 4.15. The maximum Gasteiger partial charge on any atom is 0.318 e. The number of aromatic nitrogens is 1. The molecule has 1 N–H and O–H groups in total. The minimum absolute atomic E-state index is 0.118. The molecule has 0 saturated carbocycles. The molecule has 0 bridgehead atoms. The monoisotopic (exact) mass is 362 g/mol. The van der Waals surface area contributed by atoms with Gasteiger partial charge in [0.2, 0.25) is 0 Å². The molecular weight excluding hydrogens is 340 g/mol. The minimum atomic E-state index is -0.129.